The summed E-state index contributed by atoms with van der Waals surface area (Å²) in [4.78, 5) is 10.8. The molecule has 4 nitrogen and oxygen atoms in total. The zero-order chi connectivity index (χ0) is 13.0. The molecule has 0 spiro atoms. The molecule has 0 radical (unpaired) electrons. The van der Waals surface area contributed by atoms with Crippen LogP contribution in [-0.2, 0) is 6.61 Å². The largest absolute Gasteiger partial charge is 0.493 e. The smallest absolute Gasteiger partial charge is 0.287 e. The van der Waals surface area contributed by atoms with E-state index in [1.54, 1.807) is 25.3 Å². The van der Waals surface area contributed by atoms with Gasteiger partial charge in [0.15, 0.2) is 17.3 Å². The van der Waals surface area contributed by atoms with Crippen molar-refractivity contribution in [1.29, 1.82) is 0 Å². The first-order valence-electron chi connectivity index (χ1n) is 5.25. The highest BCUT2D eigenvalue weighted by Gasteiger charge is 2.09. The zero-order valence-corrected chi connectivity index (χ0v) is 10.4. The van der Waals surface area contributed by atoms with Crippen LogP contribution in [0.2, 0.25) is 0 Å². The van der Waals surface area contributed by atoms with Gasteiger partial charge in [0.2, 0.25) is 0 Å². The number of benzene rings is 1. The SMILES string of the molecule is COc1ccccc1OCc1ccc(C(=O)Cl)o1. The highest BCUT2D eigenvalue weighted by Crippen LogP contribution is 2.26. The predicted octanol–water partition coefficient (Wildman–Crippen LogP) is 3.25. The molecule has 0 fully saturated rings. The first-order valence-corrected chi connectivity index (χ1v) is 5.63. The van der Waals surface area contributed by atoms with Gasteiger partial charge in [-0.1, -0.05) is 12.1 Å². The topological polar surface area (TPSA) is 48.7 Å². The Balaban J connectivity index is 2.04. The Morgan fingerprint density at radius 1 is 1.22 bits per heavy atom. The number of hydrogen-bond acceptors (Lipinski definition) is 4. The molecule has 5 heteroatoms. The molecule has 1 aromatic carbocycles. The van der Waals surface area contributed by atoms with Gasteiger partial charge in [-0.25, -0.2) is 0 Å². The van der Waals surface area contributed by atoms with E-state index in [0.29, 0.717) is 17.3 Å². The van der Waals surface area contributed by atoms with Crippen molar-refractivity contribution < 1.29 is 18.7 Å². The number of rotatable bonds is 5. The first kappa shape index (κ1) is 12.5. The third kappa shape index (κ3) is 2.84. The van der Waals surface area contributed by atoms with Crippen molar-refractivity contribution in [2.24, 2.45) is 0 Å². The van der Waals surface area contributed by atoms with Crippen molar-refractivity contribution in [3.05, 3.63) is 47.9 Å². The Morgan fingerprint density at radius 2 is 1.94 bits per heavy atom. The highest BCUT2D eigenvalue weighted by molar-refractivity contribution is 6.67. The van der Waals surface area contributed by atoms with E-state index in [9.17, 15) is 4.79 Å². The Labute approximate surface area is 109 Å². The highest BCUT2D eigenvalue weighted by atomic mass is 35.5. The maximum Gasteiger partial charge on any atom is 0.287 e. The molecule has 18 heavy (non-hydrogen) atoms. The standard InChI is InChI=1S/C13H11ClO4/c1-16-10-4-2-3-5-11(10)17-8-9-6-7-12(18-9)13(14)15/h2-7H,8H2,1H3. The second-order valence-electron chi connectivity index (χ2n) is 3.48. The van der Waals surface area contributed by atoms with Crippen LogP contribution in [0, 0.1) is 0 Å². The van der Waals surface area contributed by atoms with Gasteiger partial charge in [-0.15, -0.1) is 0 Å². The van der Waals surface area contributed by atoms with Crippen LogP contribution in [0.3, 0.4) is 0 Å². The van der Waals surface area contributed by atoms with Gasteiger partial charge in [-0.05, 0) is 35.9 Å². The Kier molecular flexibility index (Phi) is 3.89. The molecule has 2 rings (SSSR count). The van der Waals surface area contributed by atoms with Crippen LogP contribution < -0.4 is 9.47 Å². The minimum Gasteiger partial charge on any atom is -0.493 e. The second-order valence-corrected chi connectivity index (χ2v) is 3.82. The van der Waals surface area contributed by atoms with Crippen molar-refractivity contribution in [1.82, 2.24) is 0 Å². The van der Waals surface area contributed by atoms with E-state index in [0.717, 1.165) is 0 Å². The van der Waals surface area contributed by atoms with E-state index < -0.39 is 5.24 Å². The summed E-state index contributed by atoms with van der Waals surface area (Å²) in [5, 5.41) is -0.626. The van der Waals surface area contributed by atoms with Crippen LogP contribution in [0.1, 0.15) is 16.3 Å². The fourth-order valence-corrected chi connectivity index (χ4v) is 1.55. The normalized spacial score (nSPS) is 10.1. The van der Waals surface area contributed by atoms with Gasteiger partial charge in [0, 0.05) is 0 Å². The Morgan fingerprint density at radius 3 is 2.56 bits per heavy atom. The van der Waals surface area contributed by atoms with Crippen molar-refractivity contribution >= 4 is 16.8 Å². The van der Waals surface area contributed by atoms with Gasteiger partial charge in [-0.2, -0.15) is 0 Å². The molecule has 1 heterocycles. The maximum absolute atomic E-state index is 10.8. The fourth-order valence-electron chi connectivity index (χ4n) is 1.45. The molecule has 0 saturated carbocycles. The van der Waals surface area contributed by atoms with Gasteiger partial charge in [0.1, 0.15) is 12.4 Å². The van der Waals surface area contributed by atoms with Crippen molar-refractivity contribution in [2.45, 2.75) is 6.61 Å². The number of halogens is 1. The minimum absolute atomic E-state index is 0.107. The van der Waals surface area contributed by atoms with Gasteiger partial charge in [-0.3, -0.25) is 4.79 Å². The van der Waals surface area contributed by atoms with Crippen molar-refractivity contribution in [3.63, 3.8) is 0 Å². The first-order chi connectivity index (χ1) is 8.70. The summed E-state index contributed by atoms with van der Waals surface area (Å²) in [5.41, 5.74) is 0. The molecule has 0 amide bonds. The van der Waals surface area contributed by atoms with Gasteiger partial charge in [0.05, 0.1) is 7.11 Å². The molecule has 0 aliphatic rings. The summed E-state index contributed by atoms with van der Waals surface area (Å²) >= 11 is 5.29. The summed E-state index contributed by atoms with van der Waals surface area (Å²) in [5.74, 6) is 1.87. The van der Waals surface area contributed by atoms with Gasteiger partial charge >= 0.3 is 0 Å². The lowest BCUT2D eigenvalue weighted by atomic mass is 10.3. The van der Waals surface area contributed by atoms with Crippen molar-refractivity contribution in [3.8, 4) is 11.5 Å². The number of para-hydroxylation sites is 2. The second kappa shape index (κ2) is 5.60. The molecule has 0 saturated heterocycles. The monoisotopic (exact) mass is 266 g/mol. The van der Waals surface area contributed by atoms with Gasteiger partial charge < -0.3 is 13.9 Å². The number of ether oxygens (including phenoxy) is 2. The van der Waals surface area contributed by atoms with Crippen LogP contribution in [0.5, 0.6) is 11.5 Å². The molecule has 1 aromatic heterocycles. The van der Waals surface area contributed by atoms with E-state index in [1.165, 1.54) is 6.07 Å². The lowest BCUT2D eigenvalue weighted by molar-refractivity contribution is 0.105. The molecule has 0 aliphatic heterocycles. The number of furan rings is 1. The Bertz CT molecular complexity index is 547. The number of carbonyl (C=O) groups is 1. The summed E-state index contributed by atoms with van der Waals surface area (Å²) < 4.78 is 15.9. The van der Waals surface area contributed by atoms with Crippen LogP contribution >= 0.6 is 11.6 Å². The number of carbonyl (C=O) groups excluding carboxylic acids is 1. The van der Waals surface area contributed by atoms with E-state index in [2.05, 4.69) is 0 Å². The van der Waals surface area contributed by atoms with Crippen molar-refractivity contribution in [2.75, 3.05) is 7.11 Å². The lowest BCUT2D eigenvalue weighted by Crippen LogP contribution is -1.96. The van der Waals surface area contributed by atoms with Crippen LogP contribution in [0.15, 0.2) is 40.8 Å². The molecular weight excluding hydrogens is 256 g/mol. The zero-order valence-electron chi connectivity index (χ0n) is 9.68. The molecule has 0 aliphatic carbocycles. The van der Waals surface area contributed by atoms with E-state index in [-0.39, 0.29) is 12.4 Å². The van der Waals surface area contributed by atoms with Gasteiger partial charge in [0.25, 0.3) is 5.24 Å². The summed E-state index contributed by atoms with van der Waals surface area (Å²) in [6, 6.07) is 10.4. The molecule has 0 atom stereocenters. The molecular formula is C13H11ClO4. The fraction of sp³-hybridized carbons (Fsp3) is 0.154. The third-order valence-electron chi connectivity index (χ3n) is 2.29. The summed E-state index contributed by atoms with van der Waals surface area (Å²) in [6.07, 6.45) is 0. The molecule has 94 valence electrons. The van der Waals surface area contributed by atoms with Crippen LogP contribution in [0.25, 0.3) is 0 Å². The van der Waals surface area contributed by atoms with E-state index in [1.807, 2.05) is 12.1 Å². The molecule has 0 bridgehead atoms. The lowest BCUT2D eigenvalue weighted by Gasteiger charge is -2.08. The predicted molar refractivity (Wildman–Crippen MR) is 66.2 cm³/mol. The number of hydrogen-bond donors (Lipinski definition) is 0. The third-order valence-corrected chi connectivity index (χ3v) is 2.48. The van der Waals surface area contributed by atoms with E-state index >= 15 is 0 Å². The molecule has 0 unspecified atom stereocenters. The summed E-state index contributed by atoms with van der Waals surface area (Å²) in [7, 11) is 1.57. The van der Waals surface area contributed by atoms with Crippen LogP contribution in [-0.4, -0.2) is 12.4 Å². The maximum atomic E-state index is 10.8. The summed E-state index contributed by atoms with van der Waals surface area (Å²) in [6.45, 7) is 0.199. The molecule has 2 aromatic rings. The molecule has 0 N–H and O–H groups in total. The minimum atomic E-state index is -0.626. The quantitative estimate of drug-likeness (QED) is 0.780. The average molecular weight is 267 g/mol. The van der Waals surface area contributed by atoms with Crippen LogP contribution in [0.4, 0.5) is 0 Å². The Hall–Kier alpha value is -1.94. The average Bonchev–Trinajstić information content (AvgIpc) is 2.85. The number of methoxy groups -OCH3 is 1. The van der Waals surface area contributed by atoms with E-state index in [4.69, 9.17) is 25.5 Å².